The lowest BCUT2D eigenvalue weighted by Crippen LogP contribution is -2.34. The SMILES string of the molecule is COc1cc(OC)cc(C(=O)NC(=S)Nc2cc(-c3nc4ccccc4[nH]3)ccc2Cl)c1. The number of hydrogen-bond donors (Lipinski definition) is 3. The van der Waals surface area contributed by atoms with Gasteiger partial charge in [0.1, 0.15) is 17.3 Å². The standard InChI is InChI=1S/C23H19ClN4O3S/c1-30-15-9-14(10-16(12-15)31-2)22(29)28-23(32)27-20-11-13(7-8-17(20)24)21-25-18-5-3-4-6-19(18)26-21/h3-12H,1-2H3,(H,25,26)(H2,27,28,29,32). The number of amides is 1. The minimum Gasteiger partial charge on any atom is -0.497 e. The van der Waals surface area contributed by atoms with E-state index in [4.69, 9.17) is 33.3 Å². The Labute approximate surface area is 194 Å². The predicted molar refractivity (Wildman–Crippen MR) is 130 cm³/mol. The van der Waals surface area contributed by atoms with Crippen molar-refractivity contribution in [1.82, 2.24) is 15.3 Å². The van der Waals surface area contributed by atoms with Gasteiger partial charge in [0.25, 0.3) is 5.91 Å². The van der Waals surface area contributed by atoms with Crippen molar-refractivity contribution in [1.29, 1.82) is 0 Å². The van der Waals surface area contributed by atoms with Crippen LogP contribution >= 0.6 is 23.8 Å². The molecule has 0 saturated carbocycles. The van der Waals surface area contributed by atoms with E-state index in [9.17, 15) is 4.79 Å². The van der Waals surface area contributed by atoms with E-state index < -0.39 is 5.91 Å². The molecule has 0 aliphatic carbocycles. The highest BCUT2D eigenvalue weighted by atomic mass is 35.5. The Morgan fingerprint density at radius 2 is 1.75 bits per heavy atom. The molecule has 9 heteroatoms. The Morgan fingerprint density at radius 3 is 2.44 bits per heavy atom. The normalized spacial score (nSPS) is 10.6. The molecule has 1 amide bonds. The van der Waals surface area contributed by atoms with Gasteiger partial charge >= 0.3 is 0 Å². The number of fused-ring (bicyclic) bond motifs is 1. The van der Waals surface area contributed by atoms with Crippen LogP contribution in [0.2, 0.25) is 5.02 Å². The maximum atomic E-state index is 12.7. The molecule has 0 spiro atoms. The number of carbonyl (C=O) groups is 1. The van der Waals surface area contributed by atoms with Gasteiger partial charge in [0.2, 0.25) is 0 Å². The molecule has 0 aliphatic rings. The van der Waals surface area contributed by atoms with Crippen molar-refractivity contribution >= 4 is 51.6 Å². The molecular formula is C23H19ClN4O3S. The minimum atomic E-state index is -0.413. The quantitative estimate of drug-likeness (QED) is 0.358. The third-order valence-corrected chi connectivity index (χ3v) is 5.25. The number of aromatic amines is 1. The number of nitrogens with one attached hydrogen (secondary N) is 3. The van der Waals surface area contributed by atoms with Crippen LogP contribution in [0, 0.1) is 0 Å². The first-order chi connectivity index (χ1) is 15.5. The van der Waals surface area contributed by atoms with Gasteiger partial charge in [0, 0.05) is 17.2 Å². The number of H-pyrrole nitrogens is 1. The summed E-state index contributed by atoms with van der Waals surface area (Å²) in [7, 11) is 3.03. The second-order valence-corrected chi connectivity index (χ2v) is 7.62. The van der Waals surface area contributed by atoms with E-state index in [1.54, 1.807) is 24.3 Å². The molecule has 3 aromatic carbocycles. The van der Waals surface area contributed by atoms with E-state index in [1.807, 2.05) is 36.4 Å². The van der Waals surface area contributed by atoms with E-state index in [-0.39, 0.29) is 5.11 Å². The van der Waals surface area contributed by atoms with Crippen LogP contribution < -0.4 is 20.1 Å². The molecule has 0 fully saturated rings. The van der Waals surface area contributed by atoms with Crippen molar-refractivity contribution in [3.05, 3.63) is 71.2 Å². The lowest BCUT2D eigenvalue weighted by atomic mass is 10.2. The van der Waals surface area contributed by atoms with Crippen molar-refractivity contribution < 1.29 is 14.3 Å². The van der Waals surface area contributed by atoms with Gasteiger partial charge in [-0.2, -0.15) is 0 Å². The summed E-state index contributed by atoms with van der Waals surface area (Å²) in [4.78, 5) is 20.5. The summed E-state index contributed by atoms with van der Waals surface area (Å²) in [6.45, 7) is 0. The molecule has 4 aromatic rings. The molecule has 0 aliphatic heterocycles. The second-order valence-electron chi connectivity index (χ2n) is 6.81. The van der Waals surface area contributed by atoms with Gasteiger partial charge in [-0.3, -0.25) is 10.1 Å². The van der Waals surface area contributed by atoms with Crippen LogP contribution in [0.1, 0.15) is 10.4 Å². The fraction of sp³-hybridized carbons (Fsp3) is 0.0870. The molecule has 162 valence electrons. The number of imidazole rings is 1. The van der Waals surface area contributed by atoms with Crippen LogP contribution in [0.3, 0.4) is 0 Å². The number of para-hydroxylation sites is 2. The number of rotatable bonds is 5. The summed E-state index contributed by atoms with van der Waals surface area (Å²) in [5, 5.41) is 6.17. The van der Waals surface area contributed by atoms with E-state index in [2.05, 4.69) is 20.6 Å². The number of thiocarbonyl (C=S) groups is 1. The zero-order valence-electron chi connectivity index (χ0n) is 17.2. The van der Waals surface area contributed by atoms with Crippen molar-refractivity contribution in [3.63, 3.8) is 0 Å². The Hall–Kier alpha value is -3.62. The van der Waals surface area contributed by atoms with Crippen LogP contribution in [0.25, 0.3) is 22.4 Å². The van der Waals surface area contributed by atoms with Crippen LogP contribution in [-0.4, -0.2) is 35.2 Å². The zero-order valence-corrected chi connectivity index (χ0v) is 18.8. The van der Waals surface area contributed by atoms with E-state index in [0.717, 1.165) is 16.6 Å². The lowest BCUT2D eigenvalue weighted by molar-refractivity contribution is 0.0977. The van der Waals surface area contributed by atoms with Gasteiger partial charge in [-0.05, 0) is 54.7 Å². The monoisotopic (exact) mass is 466 g/mol. The first-order valence-corrected chi connectivity index (χ1v) is 10.4. The van der Waals surface area contributed by atoms with Crippen LogP contribution in [0.5, 0.6) is 11.5 Å². The maximum Gasteiger partial charge on any atom is 0.257 e. The molecule has 0 saturated heterocycles. The summed E-state index contributed by atoms with van der Waals surface area (Å²) in [5.41, 5.74) is 3.50. The van der Waals surface area contributed by atoms with Gasteiger partial charge in [-0.15, -0.1) is 0 Å². The highest BCUT2D eigenvalue weighted by Gasteiger charge is 2.14. The number of benzene rings is 3. The van der Waals surface area contributed by atoms with Crippen molar-refractivity contribution in [2.24, 2.45) is 0 Å². The van der Waals surface area contributed by atoms with Gasteiger partial charge in [-0.1, -0.05) is 23.7 Å². The summed E-state index contributed by atoms with van der Waals surface area (Å²) in [6.07, 6.45) is 0. The molecule has 0 atom stereocenters. The molecule has 1 aromatic heterocycles. The van der Waals surface area contributed by atoms with Crippen LogP contribution in [0.15, 0.2) is 60.7 Å². The van der Waals surface area contributed by atoms with Crippen LogP contribution in [-0.2, 0) is 0 Å². The molecule has 3 N–H and O–H groups in total. The summed E-state index contributed by atoms with van der Waals surface area (Å²) in [6, 6.07) is 18.0. The van der Waals surface area contributed by atoms with Gasteiger partial charge in [0.05, 0.1) is 36.0 Å². The molecular weight excluding hydrogens is 448 g/mol. The smallest absolute Gasteiger partial charge is 0.257 e. The Kier molecular flexibility index (Phi) is 6.25. The highest BCUT2D eigenvalue weighted by Crippen LogP contribution is 2.29. The Balaban J connectivity index is 1.52. The average molecular weight is 467 g/mol. The topological polar surface area (TPSA) is 88.3 Å². The fourth-order valence-corrected chi connectivity index (χ4v) is 3.49. The van der Waals surface area contributed by atoms with E-state index in [1.165, 1.54) is 14.2 Å². The molecule has 0 radical (unpaired) electrons. The molecule has 4 rings (SSSR count). The van der Waals surface area contributed by atoms with Crippen molar-refractivity contribution in [2.45, 2.75) is 0 Å². The predicted octanol–water partition coefficient (Wildman–Crippen LogP) is 5.03. The lowest BCUT2D eigenvalue weighted by Gasteiger charge is -2.13. The first kappa shape index (κ1) is 21.6. The largest absolute Gasteiger partial charge is 0.497 e. The highest BCUT2D eigenvalue weighted by molar-refractivity contribution is 7.80. The summed E-state index contributed by atoms with van der Waals surface area (Å²) >= 11 is 11.7. The first-order valence-electron chi connectivity index (χ1n) is 9.57. The average Bonchev–Trinajstić information content (AvgIpc) is 3.24. The van der Waals surface area contributed by atoms with Crippen molar-refractivity contribution in [2.75, 3.05) is 19.5 Å². The number of nitrogens with zero attached hydrogens (tertiary/aromatic N) is 1. The minimum absolute atomic E-state index is 0.0976. The fourth-order valence-electron chi connectivity index (χ4n) is 3.13. The van der Waals surface area contributed by atoms with Crippen LogP contribution in [0.4, 0.5) is 5.69 Å². The maximum absolute atomic E-state index is 12.7. The van der Waals surface area contributed by atoms with Crippen molar-refractivity contribution in [3.8, 4) is 22.9 Å². The van der Waals surface area contributed by atoms with Gasteiger partial charge in [0.15, 0.2) is 5.11 Å². The van der Waals surface area contributed by atoms with E-state index >= 15 is 0 Å². The van der Waals surface area contributed by atoms with E-state index in [0.29, 0.717) is 33.6 Å². The number of ether oxygens (including phenoxy) is 2. The number of aromatic nitrogens is 2. The third kappa shape index (κ3) is 4.66. The number of anilines is 1. The molecule has 0 bridgehead atoms. The van der Waals surface area contributed by atoms with Gasteiger partial charge < -0.3 is 19.8 Å². The number of carbonyl (C=O) groups excluding carboxylic acids is 1. The molecule has 7 nitrogen and oxygen atoms in total. The molecule has 0 unspecified atom stereocenters. The Bertz CT molecular complexity index is 1270. The number of halogens is 1. The summed E-state index contributed by atoms with van der Waals surface area (Å²) < 4.78 is 10.4. The number of hydrogen-bond acceptors (Lipinski definition) is 5. The number of methoxy groups -OCH3 is 2. The second kappa shape index (κ2) is 9.25. The molecule has 1 heterocycles. The third-order valence-electron chi connectivity index (χ3n) is 4.72. The van der Waals surface area contributed by atoms with Gasteiger partial charge in [-0.25, -0.2) is 4.98 Å². The Morgan fingerprint density at radius 1 is 1.03 bits per heavy atom. The molecule has 32 heavy (non-hydrogen) atoms. The zero-order chi connectivity index (χ0) is 22.7. The summed E-state index contributed by atoms with van der Waals surface area (Å²) in [5.74, 6) is 1.28.